The van der Waals surface area contributed by atoms with E-state index in [9.17, 15) is 14.9 Å². The molecule has 0 heterocycles. The number of nitro groups is 1. The molecule has 0 aromatic heterocycles. The van der Waals surface area contributed by atoms with Crippen molar-refractivity contribution in [3.8, 4) is 0 Å². The Labute approximate surface area is 139 Å². The van der Waals surface area contributed by atoms with Crippen molar-refractivity contribution in [2.75, 3.05) is 11.9 Å². The summed E-state index contributed by atoms with van der Waals surface area (Å²) in [5.41, 5.74) is 3.39. The van der Waals surface area contributed by atoms with Gasteiger partial charge in [0.25, 0.3) is 11.6 Å². The summed E-state index contributed by atoms with van der Waals surface area (Å²) in [6.45, 7) is 3.70. The molecule has 0 aliphatic rings. The van der Waals surface area contributed by atoms with Crippen molar-refractivity contribution >= 4 is 23.5 Å². The Hall–Kier alpha value is -3.22. The molecule has 0 spiro atoms. The van der Waals surface area contributed by atoms with Crippen molar-refractivity contribution in [2.45, 2.75) is 13.8 Å². The molecule has 0 saturated heterocycles. The molecule has 2 aromatic rings. The van der Waals surface area contributed by atoms with Crippen LogP contribution in [0.2, 0.25) is 0 Å². The Balaban J connectivity index is 1.84. The lowest BCUT2D eigenvalue weighted by molar-refractivity contribution is -0.384. The van der Waals surface area contributed by atoms with Gasteiger partial charge in [-0.3, -0.25) is 14.9 Å². The minimum absolute atomic E-state index is 0.0357. The van der Waals surface area contributed by atoms with Crippen molar-refractivity contribution in [3.05, 3.63) is 69.3 Å². The van der Waals surface area contributed by atoms with Crippen LogP contribution >= 0.6 is 0 Å². The van der Waals surface area contributed by atoms with Gasteiger partial charge in [-0.1, -0.05) is 23.4 Å². The van der Waals surface area contributed by atoms with Gasteiger partial charge >= 0.3 is 0 Å². The van der Waals surface area contributed by atoms with Crippen LogP contribution in [0.1, 0.15) is 16.7 Å². The van der Waals surface area contributed by atoms with Crippen LogP contribution in [0.15, 0.2) is 47.6 Å². The molecule has 2 aromatic carbocycles. The molecular formula is C17H17N3O4. The highest BCUT2D eigenvalue weighted by Gasteiger charge is 2.05. The van der Waals surface area contributed by atoms with E-state index in [0.29, 0.717) is 11.3 Å². The first-order valence-electron chi connectivity index (χ1n) is 7.22. The summed E-state index contributed by atoms with van der Waals surface area (Å²) >= 11 is 0. The third-order valence-electron chi connectivity index (χ3n) is 3.34. The van der Waals surface area contributed by atoms with Gasteiger partial charge in [0.1, 0.15) is 0 Å². The number of rotatable bonds is 6. The van der Waals surface area contributed by atoms with Crippen LogP contribution < -0.4 is 5.32 Å². The molecular weight excluding hydrogens is 310 g/mol. The zero-order chi connectivity index (χ0) is 17.5. The number of nitro benzene ring substituents is 1. The number of anilines is 1. The maximum atomic E-state index is 11.8. The number of hydrogen-bond donors (Lipinski definition) is 1. The van der Waals surface area contributed by atoms with Gasteiger partial charge in [0.15, 0.2) is 6.61 Å². The first-order chi connectivity index (χ1) is 11.5. The summed E-state index contributed by atoms with van der Waals surface area (Å²) in [5.74, 6) is -0.338. The summed E-state index contributed by atoms with van der Waals surface area (Å²) in [6.07, 6.45) is 1.32. The molecule has 0 bridgehead atoms. The Bertz CT molecular complexity index is 787. The van der Waals surface area contributed by atoms with Crippen molar-refractivity contribution < 1.29 is 14.6 Å². The average Bonchev–Trinajstić information content (AvgIpc) is 2.55. The Morgan fingerprint density at radius 2 is 2.04 bits per heavy atom. The van der Waals surface area contributed by atoms with Crippen LogP contribution in [0, 0.1) is 24.0 Å². The predicted molar refractivity (Wildman–Crippen MR) is 91.2 cm³/mol. The van der Waals surface area contributed by atoms with Gasteiger partial charge in [0.05, 0.1) is 11.1 Å². The largest absolute Gasteiger partial charge is 0.386 e. The third kappa shape index (κ3) is 4.91. The van der Waals surface area contributed by atoms with Crippen LogP contribution in [0.4, 0.5) is 11.4 Å². The standard InChI is InChI=1S/C17H17N3O4/c1-12-6-7-15(8-13(12)2)19-17(21)11-24-18-10-14-4-3-5-16(9-14)20(22)23/h3-10H,11H2,1-2H3,(H,19,21)/b18-10-. The van der Waals surface area contributed by atoms with Crippen LogP contribution in [-0.2, 0) is 9.63 Å². The molecule has 24 heavy (non-hydrogen) atoms. The number of amides is 1. The maximum absolute atomic E-state index is 11.8. The quantitative estimate of drug-likeness (QED) is 0.501. The fraction of sp³-hybridized carbons (Fsp3) is 0.176. The first kappa shape index (κ1) is 17.1. The summed E-state index contributed by atoms with van der Waals surface area (Å²) in [5, 5.41) is 17.0. The van der Waals surface area contributed by atoms with Gasteiger partial charge in [0, 0.05) is 23.4 Å². The minimum atomic E-state index is -0.491. The minimum Gasteiger partial charge on any atom is -0.386 e. The molecule has 0 radical (unpaired) electrons. The molecule has 2 rings (SSSR count). The number of benzene rings is 2. The van der Waals surface area contributed by atoms with E-state index < -0.39 is 4.92 Å². The lowest BCUT2D eigenvalue weighted by atomic mass is 10.1. The van der Waals surface area contributed by atoms with E-state index in [2.05, 4.69) is 10.5 Å². The van der Waals surface area contributed by atoms with Gasteiger partial charge in [-0.2, -0.15) is 0 Å². The summed E-state index contributed by atoms with van der Waals surface area (Å²) in [7, 11) is 0. The van der Waals surface area contributed by atoms with E-state index in [-0.39, 0.29) is 18.2 Å². The molecule has 0 fully saturated rings. The molecule has 1 amide bonds. The van der Waals surface area contributed by atoms with E-state index >= 15 is 0 Å². The van der Waals surface area contributed by atoms with Gasteiger partial charge in [-0.25, -0.2) is 0 Å². The molecule has 0 saturated carbocycles. The van der Waals surface area contributed by atoms with Crippen molar-refractivity contribution in [1.29, 1.82) is 0 Å². The average molecular weight is 327 g/mol. The fourth-order valence-corrected chi connectivity index (χ4v) is 1.93. The Morgan fingerprint density at radius 1 is 1.25 bits per heavy atom. The lowest BCUT2D eigenvalue weighted by Gasteiger charge is -2.06. The monoisotopic (exact) mass is 327 g/mol. The molecule has 1 N–H and O–H groups in total. The van der Waals surface area contributed by atoms with Crippen LogP contribution in [0.5, 0.6) is 0 Å². The van der Waals surface area contributed by atoms with E-state index in [1.807, 2.05) is 32.0 Å². The number of hydrogen-bond acceptors (Lipinski definition) is 5. The normalized spacial score (nSPS) is 10.6. The highest BCUT2D eigenvalue weighted by molar-refractivity contribution is 5.91. The van der Waals surface area contributed by atoms with Gasteiger partial charge < -0.3 is 10.2 Å². The molecule has 7 nitrogen and oxygen atoms in total. The van der Waals surface area contributed by atoms with Gasteiger partial charge in [0.2, 0.25) is 0 Å². The molecule has 0 atom stereocenters. The maximum Gasteiger partial charge on any atom is 0.270 e. The first-order valence-corrected chi connectivity index (χ1v) is 7.22. The Morgan fingerprint density at radius 3 is 2.75 bits per heavy atom. The lowest BCUT2D eigenvalue weighted by Crippen LogP contribution is -2.17. The summed E-state index contributed by atoms with van der Waals surface area (Å²) in [4.78, 5) is 26.9. The SMILES string of the molecule is Cc1ccc(NC(=O)CO/N=C\c2cccc([N+](=O)[O-])c2)cc1C. The number of carbonyl (C=O) groups is 1. The number of aryl methyl sites for hydroxylation is 2. The molecule has 0 aliphatic heterocycles. The topological polar surface area (TPSA) is 93.8 Å². The van der Waals surface area contributed by atoms with Crippen LogP contribution in [0.3, 0.4) is 0 Å². The fourth-order valence-electron chi connectivity index (χ4n) is 1.93. The zero-order valence-electron chi connectivity index (χ0n) is 13.4. The number of carbonyl (C=O) groups excluding carboxylic acids is 1. The van der Waals surface area contributed by atoms with Crippen molar-refractivity contribution in [3.63, 3.8) is 0 Å². The summed E-state index contributed by atoms with van der Waals surface area (Å²) < 4.78 is 0. The highest BCUT2D eigenvalue weighted by atomic mass is 16.6. The van der Waals surface area contributed by atoms with E-state index in [1.54, 1.807) is 12.1 Å². The summed E-state index contributed by atoms with van der Waals surface area (Å²) in [6, 6.07) is 11.6. The second kappa shape index (κ2) is 7.87. The predicted octanol–water partition coefficient (Wildman–Crippen LogP) is 3.20. The highest BCUT2D eigenvalue weighted by Crippen LogP contribution is 2.14. The number of nitrogens with one attached hydrogen (secondary N) is 1. The van der Waals surface area contributed by atoms with E-state index in [4.69, 9.17) is 4.84 Å². The third-order valence-corrected chi connectivity index (χ3v) is 3.34. The Kier molecular flexibility index (Phi) is 5.62. The molecule has 7 heteroatoms. The number of nitrogens with zero attached hydrogens (tertiary/aromatic N) is 2. The number of oxime groups is 1. The van der Waals surface area contributed by atoms with Gasteiger partial charge in [-0.15, -0.1) is 0 Å². The van der Waals surface area contributed by atoms with E-state index in [1.165, 1.54) is 18.3 Å². The van der Waals surface area contributed by atoms with Crippen LogP contribution in [-0.4, -0.2) is 23.7 Å². The van der Waals surface area contributed by atoms with Crippen LogP contribution in [0.25, 0.3) is 0 Å². The van der Waals surface area contributed by atoms with E-state index in [0.717, 1.165) is 11.1 Å². The zero-order valence-corrected chi connectivity index (χ0v) is 13.4. The van der Waals surface area contributed by atoms with Gasteiger partial charge in [-0.05, 0) is 37.1 Å². The smallest absolute Gasteiger partial charge is 0.270 e. The second-order valence-corrected chi connectivity index (χ2v) is 5.21. The molecule has 0 unspecified atom stereocenters. The molecule has 124 valence electrons. The van der Waals surface area contributed by atoms with Crippen molar-refractivity contribution in [1.82, 2.24) is 0 Å². The van der Waals surface area contributed by atoms with Crippen molar-refractivity contribution in [2.24, 2.45) is 5.16 Å². The molecule has 0 aliphatic carbocycles. The second-order valence-electron chi connectivity index (χ2n) is 5.21. The number of non-ortho nitro benzene ring substituents is 1.